The Hall–Kier alpha value is -1.26. The van der Waals surface area contributed by atoms with Gasteiger partial charge in [-0.15, -0.1) is 0 Å². The predicted molar refractivity (Wildman–Crippen MR) is 84.0 cm³/mol. The molecule has 21 heavy (non-hydrogen) atoms. The van der Waals surface area contributed by atoms with Crippen LogP contribution in [0.15, 0.2) is 18.2 Å². The number of methoxy groups -OCH3 is 2. The molecule has 1 aromatic rings. The summed E-state index contributed by atoms with van der Waals surface area (Å²) in [7, 11) is 3.30. The van der Waals surface area contributed by atoms with Crippen LogP contribution < -0.4 is 14.8 Å². The number of hydrogen-bond donors (Lipinski definition) is 2. The Labute approximate surface area is 127 Å². The zero-order chi connectivity index (χ0) is 15.6. The largest absolute Gasteiger partial charge is 0.493 e. The number of ether oxygens (including phenoxy) is 2. The van der Waals surface area contributed by atoms with Crippen LogP contribution in [0.2, 0.25) is 0 Å². The topological polar surface area (TPSA) is 50.7 Å². The van der Waals surface area contributed by atoms with Crippen LogP contribution in [0.4, 0.5) is 0 Å². The monoisotopic (exact) mass is 293 g/mol. The van der Waals surface area contributed by atoms with E-state index in [1.165, 1.54) is 5.56 Å². The molecule has 1 saturated carbocycles. The van der Waals surface area contributed by atoms with Crippen LogP contribution in [-0.4, -0.2) is 37.5 Å². The van der Waals surface area contributed by atoms with Crippen LogP contribution in [0.25, 0.3) is 0 Å². The van der Waals surface area contributed by atoms with Gasteiger partial charge in [-0.05, 0) is 37.5 Å². The summed E-state index contributed by atoms with van der Waals surface area (Å²) in [6.45, 7) is 6.40. The van der Waals surface area contributed by atoms with Crippen molar-refractivity contribution < 1.29 is 14.6 Å². The van der Waals surface area contributed by atoms with Crippen molar-refractivity contribution in [3.8, 4) is 11.5 Å². The summed E-state index contributed by atoms with van der Waals surface area (Å²) < 4.78 is 10.6. The molecular weight excluding hydrogens is 266 g/mol. The molecule has 2 N–H and O–H groups in total. The molecule has 1 fully saturated rings. The van der Waals surface area contributed by atoms with Crippen molar-refractivity contribution in [2.24, 2.45) is 5.41 Å². The molecule has 0 aromatic heterocycles. The summed E-state index contributed by atoms with van der Waals surface area (Å²) in [6.07, 6.45) is 1.56. The van der Waals surface area contributed by atoms with Gasteiger partial charge in [0.1, 0.15) is 0 Å². The number of nitrogens with one attached hydrogen (secondary N) is 1. The third-order valence-electron chi connectivity index (χ3n) is 4.69. The minimum Gasteiger partial charge on any atom is -0.493 e. The van der Waals surface area contributed by atoms with E-state index in [2.05, 4.69) is 32.2 Å². The fraction of sp³-hybridized carbons (Fsp3) is 0.647. The van der Waals surface area contributed by atoms with Gasteiger partial charge >= 0.3 is 0 Å². The van der Waals surface area contributed by atoms with Gasteiger partial charge in [0.2, 0.25) is 0 Å². The van der Waals surface area contributed by atoms with Gasteiger partial charge in [-0.3, -0.25) is 0 Å². The standard InChI is InChI=1S/C17H27NO3/c1-11(18-15-10-16(19)17(15,2)3)8-12-6-7-13(20-4)14(9-12)21-5/h6-7,9,11,15-16,18-19H,8,10H2,1-5H3. The second-order valence-electron chi connectivity index (χ2n) is 6.59. The molecule has 2 rings (SSSR count). The van der Waals surface area contributed by atoms with E-state index in [-0.39, 0.29) is 11.5 Å². The molecule has 3 atom stereocenters. The van der Waals surface area contributed by atoms with Crippen LogP contribution in [0.3, 0.4) is 0 Å². The van der Waals surface area contributed by atoms with Crippen molar-refractivity contribution in [3.63, 3.8) is 0 Å². The Bertz CT molecular complexity index is 487. The Morgan fingerprint density at radius 2 is 1.95 bits per heavy atom. The lowest BCUT2D eigenvalue weighted by Gasteiger charge is -2.50. The molecule has 0 bridgehead atoms. The smallest absolute Gasteiger partial charge is 0.160 e. The van der Waals surface area contributed by atoms with E-state index in [0.717, 1.165) is 24.3 Å². The summed E-state index contributed by atoms with van der Waals surface area (Å²) >= 11 is 0. The molecule has 0 aliphatic heterocycles. The number of hydrogen-bond acceptors (Lipinski definition) is 4. The molecule has 0 heterocycles. The fourth-order valence-electron chi connectivity index (χ4n) is 2.95. The van der Waals surface area contributed by atoms with E-state index in [1.807, 2.05) is 12.1 Å². The molecule has 1 aliphatic rings. The molecule has 4 heteroatoms. The van der Waals surface area contributed by atoms with Crippen molar-refractivity contribution in [1.29, 1.82) is 0 Å². The van der Waals surface area contributed by atoms with Gasteiger partial charge in [-0.2, -0.15) is 0 Å². The zero-order valence-electron chi connectivity index (χ0n) is 13.6. The quantitative estimate of drug-likeness (QED) is 0.845. The van der Waals surface area contributed by atoms with Crippen molar-refractivity contribution in [1.82, 2.24) is 5.32 Å². The van der Waals surface area contributed by atoms with E-state index in [1.54, 1.807) is 14.2 Å². The number of rotatable bonds is 6. The molecule has 1 aliphatic carbocycles. The zero-order valence-corrected chi connectivity index (χ0v) is 13.6. The Morgan fingerprint density at radius 1 is 1.29 bits per heavy atom. The lowest BCUT2D eigenvalue weighted by Crippen LogP contribution is -2.61. The second-order valence-corrected chi connectivity index (χ2v) is 6.59. The minimum atomic E-state index is -0.191. The average Bonchev–Trinajstić information content (AvgIpc) is 2.46. The average molecular weight is 293 g/mol. The lowest BCUT2D eigenvalue weighted by atomic mass is 9.64. The van der Waals surface area contributed by atoms with Crippen LogP contribution in [0.5, 0.6) is 11.5 Å². The highest BCUT2D eigenvalue weighted by Gasteiger charge is 2.47. The summed E-state index contributed by atoms with van der Waals surface area (Å²) in [5, 5.41) is 13.4. The first-order chi connectivity index (χ1) is 9.88. The van der Waals surface area contributed by atoms with E-state index < -0.39 is 0 Å². The maximum absolute atomic E-state index is 9.80. The summed E-state index contributed by atoms with van der Waals surface area (Å²) in [6, 6.07) is 6.76. The molecule has 0 saturated heterocycles. The molecular formula is C17H27NO3. The first kappa shape index (κ1) is 16.1. The molecule has 1 aromatic carbocycles. The molecule has 0 amide bonds. The highest BCUT2D eigenvalue weighted by molar-refractivity contribution is 5.43. The van der Waals surface area contributed by atoms with E-state index in [9.17, 15) is 5.11 Å². The van der Waals surface area contributed by atoms with Gasteiger partial charge < -0.3 is 19.9 Å². The van der Waals surface area contributed by atoms with Crippen LogP contribution in [0.1, 0.15) is 32.8 Å². The van der Waals surface area contributed by atoms with Gasteiger partial charge in [-0.1, -0.05) is 19.9 Å². The molecule has 0 spiro atoms. The van der Waals surface area contributed by atoms with Crippen LogP contribution in [0, 0.1) is 5.41 Å². The minimum absolute atomic E-state index is 0.0359. The Kier molecular flexibility index (Phi) is 4.79. The number of aliphatic hydroxyl groups excluding tert-OH is 1. The van der Waals surface area contributed by atoms with E-state index in [4.69, 9.17) is 9.47 Å². The third kappa shape index (κ3) is 3.33. The molecule has 3 unspecified atom stereocenters. The van der Waals surface area contributed by atoms with Gasteiger partial charge in [0.25, 0.3) is 0 Å². The summed E-state index contributed by atoms with van der Waals surface area (Å²) in [5.74, 6) is 1.52. The summed E-state index contributed by atoms with van der Waals surface area (Å²) in [5.41, 5.74) is 1.18. The van der Waals surface area contributed by atoms with E-state index >= 15 is 0 Å². The normalized spacial score (nSPS) is 25.0. The van der Waals surface area contributed by atoms with Gasteiger partial charge in [-0.25, -0.2) is 0 Å². The fourth-order valence-corrected chi connectivity index (χ4v) is 2.95. The highest BCUT2D eigenvalue weighted by atomic mass is 16.5. The Morgan fingerprint density at radius 3 is 2.48 bits per heavy atom. The molecule has 118 valence electrons. The first-order valence-corrected chi connectivity index (χ1v) is 7.53. The SMILES string of the molecule is COc1ccc(CC(C)NC2CC(O)C2(C)C)cc1OC. The summed E-state index contributed by atoms with van der Waals surface area (Å²) in [4.78, 5) is 0. The predicted octanol–water partition coefficient (Wildman–Crippen LogP) is 2.38. The van der Waals surface area contributed by atoms with Crippen molar-refractivity contribution in [2.75, 3.05) is 14.2 Å². The second kappa shape index (κ2) is 6.24. The van der Waals surface area contributed by atoms with E-state index in [0.29, 0.717) is 12.1 Å². The maximum atomic E-state index is 9.80. The van der Waals surface area contributed by atoms with Crippen molar-refractivity contribution in [3.05, 3.63) is 23.8 Å². The molecule has 0 radical (unpaired) electrons. The number of benzene rings is 1. The lowest BCUT2D eigenvalue weighted by molar-refractivity contribution is -0.0752. The van der Waals surface area contributed by atoms with Gasteiger partial charge in [0.05, 0.1) is 20.3 Å². The van der Waals surface area contributed by atoms with Crippen LogP contribution >= 0.6 is 0 Å². The first-order valence-electron chi connectivity index (χ1n) is 7.53. The highest BCUT2D eigenvalue weighted by Crippen LogP contribution is 2.40. The third-order valence-corrected chi connectivity index (χ3v) is 4.69. The number of aliphatic hydroxyl groups is 1. The Balaban J connectivity index is 1.95. The maximum Gasteiger partial charge on any atom is 0.160 e. The van der Waals surface area contributed by atoms with Gasteiger partial charge in [0.15, 0.2) is 11.5 Å². The van der Waals surface area contributed by atoms with Crippen molar-refractivity contribution in [2.45, 2.75) is 51.8 Å². The van der Waals surface area contributed by atoms with Crippen LogP contribution in [-0.2, 0) is 6.42 Å². The van der Waals surface area contributed by atoms with Gasteiger partial charge in [0, 0.05) is 17.5 Å². The molecule has 4 nitrogen and oxygen atoms in total. The van der Waals surface area contributed by atoms with Crippen molar-refractivity contribution >= 4 is 0 Å².